The Labute approximate surface area is 123 Å². The molecule has 110 valence electrons. The smallest absolute Gasteiger partial charge is 0.311 e. The van der Waals surface area contributed by atoms with Crippen LogP contribution in [0, 0.1) is 11.3 Å². The Morgan fingerprint density at radius 2 is 2.10 bits per heavy atom. The average Bonchev–Trinajstić information content (AvgIpc) is 3.06. The van der Waals surface area contributed by atoms with Gasteiger partial charge in [-0.05, 0) is 41.7 Å². The highest BCUT2D eigenvalue weighted by Gasteiger charge is 2.48. The van der Waals surface area contributed by atoms with Gasteiger partial charge in [0, 0.05) is 13.1 Å². The van der Waals surface area contributed by atoms with Crippen LogP contribution in [0.5, 0.6) is 0 Å². The molecule has 5 heteroatoms. The van der Waals surface area contributed by atoms with Crippen molar-refractivity contribution in [3.8, 4) is 0 Å². The van der Waals surface area contributed by atoms with E-state index in [4.69, 9.17) is 0 Å². The molecule has 1 aromatic heterocycles. The Balaban J connectivity index is 2.13. The fourth-order valence-corrected chi connectivity index (χ4v) is 3.61. The van der Waals surface area contributed by atoms with Gasteiger partial charge in [-0.1, -0.05) is 13.8 Å². The minimum atomic E-state index is -0.788. The van der Waals surface area contributed by atoms with Crippen LogP contribution in [0.25, 0.3) is 0 Å². The van der Waals surface area contributed by atoms with Crippen LogP contribution in [0.4, 0.5) is 0 Å². The Kier molecular flexibility index (Phi) is 4.18. The number of aliphatic carboxylic acids is 1. The molecule has 1 fully saturated rings. The maximum atomic E-state index is 12.5. The quantitative estimate of drug-likeness (QED) is 0.929. The highest BCUT2D eigenvalue weighted by Crippen LogP contribution is 2.39. The van der Waals surface area contributed by atoms with Crippen molar-refractivity contribution < 1.29 is 14.7 Å². The third kappa shape index (κ3) is 2.46. The number of likely N-dealkylation sites (tertiary alicyclic amines) is 1. The van der Waals surface area contributed by atoms with E-state index in [-0.39, 0.29) is 17.7 Å². The van der Waals surface area contributed by atoms with Gasteiger partial charge in [0.25, 0.3) is 0 Å². The number of carbonyl (C=O) groups excluding carboxylic acids is 1. The maximum absolute atomic E-state index is 12.5. The summed E-state index contributed by atoms with van der Waals surface area (Å²) in [5, 5.41) is 13.5. The van der Waals surface area contributed by atoms with Crippen LogP contribution in [0.2, 0.25) is 0 Å². The van der Waals surface area contributed by atoms with E-state index in [0.717, 1.165) is 5.56 Å². The molecule has 1 aromatic rings. The fraction of sp³-hybridized carbons (Fsp3) is 0.600. The largest absolute Gasteiger partial charge is 0.481 e. The van der Waals surface area contributed by atoms with Gasteiger partial charge < -0.3 is 10.0 Å². The number of amides is 1. The number of carboxylic acid groups (broad SMARTS) is 1. The van der Waals surface area contributed by atoms with Gasteiger partial charge in [-0.15, -0.1) is 0 Å². The standard InChI is InChI=1S/C15H21NO3S/c1-10(2)15(14(18)19)5-6-16(9-15)13(17)11(3)12-4-7-20-8-12/h4,7-8,10-11H,5-6,9H2,1-3H3,(H,18,19). The van der Waals surface area contributed by atoms with Crippen LogP contribution in [0.3, 0.4) is 0 Å². The first kappa shape index (κ1) is 15.0. The van der Waals surface area contributed by atoms with Crippen molar-refractivity contribution >= 4 is 23.2 Å². The maximum Gasteiger partial charge on any atom is 0.311 e. The van der Waals surface area contributed by atoms with Crippen molar-refractivity contribution in [2.24, 2.45) is 11.3 Å². The van der Waals surface area contributed by atoms with Crippen LogP contribution >= 0.6 is 11.3 Å². The van der Waals surface area contributed by atoms with E-state index >= 15 is 0 Å². The molecule has 1 aliphatic rings. The monoisotopic (exact) mass is 295 g/mol. The molecule has 2 heterocycles. The first-order valence-corrected chi connectivity index (χ1v) is 7.87. The van der Waals surface area contributed by atoms with Gasteiger partial charge in [-0.2, -0.15) is 11.3 Å². The third-order valence-corrected chi connectivity index (χ3v) is 5.26. The summed E-state index contributed by atoms with van der Waals surface area (Å²) in [6.07, 6.45) is 0.544. The molecule has 2 unspecified atom stereocenters. The molecule has 0 radical (unpaired) electrons. The molecule has 1 amide bonds. The zero-order chi connectivity index (χ0) is 14.9. The van der Waals surface area contributed by atoms with Crippen LogP contribution in [-0.4, -0.2) is 35.0 Å². The van der Waals surface area contributed by atoms with Gasteiger partial charge in [-0.25, -0.2) is 0 Å². The topological polar surface area (TPSA) is 57.6 Å². The minimum absolute atomic E-state index is 0.0225. The Morgan fingerprint density at radius 3 is 2.55 bits per heavy atom. The number of rotatable bonds is 4. The van der Waals surface area contributed by atoms with E-state index in [1.807, 2.05) is 37.6 Å². The number of carboxylic acids is 1. The summed E-state index contributed by atoms with van der Waals surface area (Å²) in [5.41, 5.74) is 0.224. The average molecular weight is 295 g/mol. The molecule has 0 aromatic carbocycles. The van der Waals surface area contributed by atoms with Crippen molar-refractivity contribution in [1.82, 2.24) is 4.90 Å². The van der Waals surface area contributed by atoms with Gasteiger partial charge in [0.15, 0.2) is 0 Å². The van der Waals surface area contributed by atoms with Crippen molar-refractivity contribution in [1.29, 1.82) is 0 Å². The number of nitrogens with zero attached hydrogens (tertiary/aromatic N) is 1. The molecule has 0 bridgehead atoms. The number of hydrogen-bond acceptors (Lipinski definition) is 3. The highest BCUT2D eigenvalue weighted by molar-refractivity contribution is 7.08. The summed E-state index contributed by atoms with van der Waals surface area (Å²) in [4.78, 5) is 25.8. The van der Waals surface area contributed by atoms with E-state index < -0.39 is 11.4 Å². The van der Waals surface area contributed by atoms with Crippen molar-refractivity contribution in [3.05, 3.63) is 22.4 Å². The van der Waals surface area contributed by atoms with Crippen LogP contribution in [-0.2, 0) is 9.59 Å². The SMILES string of the molecule is CC(C(=O)N1CCC(C(=O)O)(C(C)C)C1)c1ccsc1. The molecule has 1 aliphatic heterocycles. The lowest BCUT2D eigenvalue weighted by Crippen LogP contribution is -2.41. The van der Waals surface area contributed by atoms with Crippen molar-refractivity contribution in [3.63, 3.8) is 0 Å². The van der Waals surface area contributed by atoms with E-state index in [0.29, 0.717) is 19.5 Å². The van der Waals surface area contributed by atoms with Gasteiger partial charge in [-0.3, -0.25) is 9.59 Å². The van der Waals surface area contributed by atoms with Gasteiger partial charge >= 0.3 is 5.97 Å². The molecule has 1 N–H and O–H groups in total. The van der Waals surface area contributed by atoms with E-state index in [2.05, 4.69) is 0 Å². The molecule has 0 spiro atoms. The van der Waals surface area contributed by atoms with Crippen molar-refractivity contribution in [2.75, 3.05) is 13.1 Å². The molecule has 0 saturated carbocycles. The first-order chi connectivity index (χ1) is 9.38. The molecule has 0 aliphatic carbocycles. The van der Waals surface area contributed by atoms with Gasteiger partial charge in [0.1, 0.15) is 0 Å². The predicted molar refractivity (Wildman–Crippen MR) is 78.8 cm³/mol. The third-order valence-electron chi connectivity index (χ3n) is 4.56. The minimum Gasteiger partial charge on any atom is -0.481 e. The zero-order valence-corrected chi connectivity index (χ0v) is 12.9. The molecule has 4 nitrogen and oxygen atoms in total. The number of thiophene rings is 1. The zero-order valence-electron chi connectivity index (χ0n) is 12.1. The lowest BCUT2D eigenvalue weighted by atomic mass is 9.76. The summed E-state index contributed by atoms with van der Waals surface area (Å²) in [5.74, 6) is -0.926. The summed E-state index contributed by atoms with van der Waals surface area (Å²) in [6.45, 7) is 6.60. The first-order valence-electron chi connectivity index (χ1n) is 6.93. The molecule has 1 saturated heterocycles. The van der Waals surface area contributed by atoms with E-state index in [1.54, 1.807) is 16.2 Å². The molecular formula is C15H21NO3S. The van der Waals surface area contributed by atoms with Gasteiger partial charge in [0.2, 0.25) is 5.91 Å². The fourth-order valence-electron chi connectivity index (χ4n) is 2.85. The lowest BCUT2D eigenvalue weighted by molar-refractivity contribution is -0.151. The van der Waals surface area contributed by atoms with Crippen molar-refractivity contribution in [2.45, 2.75) is 33.1 Å². The molecular weight excluding hydrogens is 274 g/mol. The normalized spacial score (nSPS) is 24.1. The second-order valence-electron chi connectivity index (χ2n) is 5.90. The van der Waals surface area contributed by atoms with E-state index in [9.17, 15) is 14.7 Å². The van der Waals surface area contributed by atoms with Crippen LogP contribution in [0.1, 0.15) is 38.7 Å². The Morgan fingerprint density at radius 1 is 1.40 bits per heavy atom. The second kappa shape index (κ2) is 5.56. The molecule has 2 atom stereocenters. The lowest BCUT2D eigenvalue weighted by Gasteiger charge is -2.29. The van der Waals surface area contributed by atoms with E-state index in [1.165, 1.54) is 0 Å². The Bertz CT molecular complexity index is 497. The Hall–Kier alpha value is -1.36. The van der Waals surface area contributed by atoms with Crippen LogP contribution in [0.15, 0.2) is 16.8 Å². The summed E-state index contributed by atoms with van der Waals surface area (Å²) >= 11 is 1.57. The highest BCUT2D eigenvalue weighted by atomic mass is 32.1. The van der Waals surface area contributed by atoms with Crippen LogP contribution < -0.4 is 0 Å². The number of hydrogen-bond donors (Lipinski definition) is 1. The van der Waals surface area contributed by atoms with Gasteiger partial charge in [0.05, 0.1) is 11.3 Å². The second-order valence-corrected chi connectivity index (χ2v) is 6.68. The summed E-state index contributed by atoms with van der Waals surface area (Å²) in [6, 6.07) is 1.95. The number of carbonyl (C=O) groups is 2. The molecule has 2 rings (SSSR count). The summed E-state index contributed by atoms with van der Waals surface area (Å²) in [7, 11) is 0. The predicted octanol–water partition coefficient (Wildman–Crippen LogP) is 2.81. The molecule has 20 heavy (non-hydrogen) atoms. The summed E-state index contributed by atoms with van der Waals surface area (Å²) < 4.78 is 0.